The molecule has 2 rings (SSSR count). The van der Waals surface area contributed by atoms with Crippen LogP contribution < -0.4 is 10.6 Å². The number of rotatable bonds is 4. The summed E-state index contributed by atoms with van der Waals surface area (Å²) < 4.78 is 31.2. The van der Waals surface area contributed by atoms with Crippen molar-refractivity contribution in [2.75, 3.05) is 17.7 Å². The molecule has 0 unspecified atom stereocenters. The van der Waals surface area contributed by atoms with E-state index >= 15 is 0 Å². The molecule has 2 aromatic carbocycles. The molecule has 0 spiro atoms. The minimum atomic E-state index is -0.835. The second kappa shape index (κ2) is 6.81. The zero-order valence-electron chi connectivity index (χ0n) is 11.3. The molecule has 2 aromatic rings. The number of hydrogen-bond donors (Lipinski definition) is 2. The summed E-state index contributed by atoms with van der Waals surface area (Å²) in [6, 6.07) is 9.37. The van der Waals surface area contributed by atoms with Crippen LogP contribution in [0.15, 0.2) is 42.5 Å². The van der Waals surface area contributed by atoms with Crippen molar-refractivity contribution in [3.8, 4) is 0 Å². The Hall–Kier alpha value is -2.47. The van der Waals surface area contributed by atoms with E-state index in [4.69, 9.17) is 4.74 Å². The largest absolute Gasteiger partial charge is 0.380 e. The second-order valence-electron chi connectivity index (χ2n) is 4.34. The summed E-state index contributed by atoms with van der Waals surface area (Å²) in [4.78, 5) is 11.8. The second-order valence-corrected chi connectivity index (χ2v) is 4.34. The van der Waals surface area contributed by atoms with Crippen LogP contribution >= 0.6 is 0 Å². The minimum Gasteiger partial charge on any atom is -0.380 e. The van der Waals surface area contributed by atoms with Crippen LogP contribution in [0, 0.1) is 11.6 Å². The van der Waals surface area contributed by atoms with E-state index in [0.717, 1.165) is 17.7 Å². The molecule has 110 valence electrons. The molecular weight excluding hydrogens is 278 g/mol. The van der Waals surface area contributed by atoms with Crippen molar-refractivity contribution < 1.29 is 18.3 Å². The van der Waals surface area contributed by atoms with Gasteiger partial charge in [-0.15, -0.1) is 0 Å². The third kappa shape index (κ3) is 4.25. The highest BCUT2D eigenvalue weighted by Crippen LogP contribution is 2.16. The van der Waals surface area contributed by atoms with E-state index in [0.29, 0.717) is 18.4 Å². The van der Waals surface area contributed by atoms with Crippen LogP contribution in [0.1, 0.15) is 5.56 Å². The average Bonchev–Trinajstić information content (AvgIpc) is 2.43. The number of urea groups is 1. The Bertz CT molecular complexity index is 647. The Kier molecular flexibility index (Phi) is 4.84. The molecule has 0 aliphatic carbocycles. The molecule has 0 aromatic heterocycles. The third-order valence-electron chi connectivity index (χ3n) is 2.68. The maximum absolute atomic E-state index is 13.4. The number of carbonyl (C=O) groups excluding carboxylic acids is 1. The number of carbonyl (C=O) groups is 1. The molecule has 0 heterocycles. The van der Waals surface area contributed by atoms with Gasteiger partial charge in [-0.3, -0.25) is 0 Å². The molecule has 0 fully saturated rings. The molecule has 0 saturated carbocycles. The summed E-state index contributed by atoms with van der Waals surface area (Å²) in [5.41, 5.74) is 1.34. The third-order valence-corrected chi connectivity index (χ3v) is 2.68. The Labute approximate surface area is 120 Å². The van der Waals surface area contributed by atoms with Crippen LogP contribution in [0.4, 0.5) is 25.0 Å². The number of anilines is 2. The van der Waals surface area contributed by atoms with Gasteiger partial charge in [0.15, 0.2) is 0 Å². The number of benzene rings is 2. The van der Waals surface area contributed by atoms with Gasteiger partial charge in [-0.1, -0.05) is 12.1 Å². The van der Waals surface area contributed by atoms with Gasteiger partial charge in [0.25, 0.3) is 0 Å². The standard InChI is InChI=1S/C15H14F2N2O2/c1-21-9-10-3-2-4-12(7-10)18-15(20)19-14-6-5-11(16)8-13(14)17/h2-8H,9H2,1H3,(H2,18,19,20). The van der Waals surface area contributed by atoms with Crippen molar-refractivity contribution in [3.63, 3.8) is 0 Å². The first-order valence-corrected chi connectivity index (χ1v) is 6.19. The van der Waals surface area contributed by atoms with E-state index in [1.165, 1.54) is 0 Å². The van der Waals surface area contributed by atoms with Crippen LogP contribution in [0.2, 0.25) is 0 Å². The molecule has 0 bridgehead atoms. The maximum atomic E-state index is 13.4. The maximum Gasteiger partial charge on any atom is 0.323 e. The van der Waals surface area contributed by atoms with Crippen molar-refractivity contribution in [3.05, 3.63) is 59.7 Å². The molecule has 6 heteroatoms. The molecule has 2 N–H and O–H groups in total. The predicted molar refractivity (Wildman–Crippen MR) is 76.2 cm³/mol. The number of halogens is 2. The Morgan fingerprint density at radius 3 is 2.67 bits per heavy atom. The number of methoxy groups -OCH3 is 1. The van der Waals surface area contributed by atoms with E-state index in [2.05, 4.69) is 10.6 Å². The summed E-state index contributed by atoms with van der Waals surface area (Å²) in [5, 5.41) is 4.88. The monoisotopic (exact) mass is 292 g/mol. The Balaban J connectivity index is 2.02. The van der Waals surface area contributed by atoms with Crippen LogP contribution in [-0.4, -0.2) is 13.1 Å². The lowest BCUT2D eigenvalue weighted by atomic mass is 10.2. The molecule has 21 heavy (non-hydrogen) atoms. The number of amides is 2. The summed E-state index contributed by atoms with van der Waals surface area (Å²) in [6.45, 7) is 0.420. The zero-order valence-corrected chi connectivity index (χ0v) is 11.3. The van der Waals surface area contributed by atoms with E-state index in [1.54, 1.807) is 25.3 Å². The predicted octanol–water partition coefficient (Wildman–Crippen LogP) is 3.76. The Morgan fingerprint density at radius 2 is 1.95 bits per heavy atom. The SMILES string of the molecule is COCc1cccc(NC(=O)Nc2ccc(F)cc2F)c1. The van der Waals surface area contributed by atoms with Crippen LogP contribution in [-0.2, 0) is 11.3 Å². The van der Waals surface area contributed by atoms with E-state index in [-0.39, 0.29) is 5.69 Å². The fourth-order valence-corrected chi connectivity index (χ4v) is 1.78. The fourth-order valence-electron chi connectivity index (χ4n) is 1.78. The lowest BCUT2D eigenvalue weighted by Crippen LogP contribution is -2.20. The lowest BCUT2D eigenvalue weighted by molar-refractivity contribution is 0.185. The lowest BCUT2D eigenvalue weighted by Gasteiger charge is -2.09. The van der Waals surface area contributed by atoms with Gasteiger partial charge >= 0.3 is 6.03 Å². The van der Waals surface area contributed by atoms with Gasteiger partial charge in [0.2, 0.25) is 0 Å². The van der Waals surface area contributed by atoms with Gasteiger partial charge in [-0.05, 0) is 29.8 Å². The highest BCUT2D eigenvalue weighted by Gasteiger charge is 2.08. The molecule has 0 saturated heterocycles. The van der Waals surface area contributed by atoms with Crippen molar-refractivity contribution in [2.24, 2.45) is 0 Å². The van der Waals surface area contributed by atoms with Gasteiger partial charge in [-0.25, -0.2) is 13.6 Å². The Morgan fingerprint density at radius 1 is 1.14 bits per heavy atom. The van der Waals surface area contributed by atoms with E-state index < -0.39 is 17.7 Å². The normalized spacial score (nSPS) is 10.2. The van der Waals surface area contributed by atoms with E-state index in [9.17, 15) is 13.6 Å². The number of hydrogen-bond acceptors (Lipinski definition) is 2. The molecule has 2 amide bonds. The number of nitrogens with one attached hydrogen (secondary N) is 2. The average molecular weight is 292 g/mol. The summed E-state index contributed by atoms with van der Waals surface area (Å²) in [5.74, 6) is -1.54. The molecule has 0 aliphatic rings. The van der Waals surface area contributed by atoms with Gasteiger partial charge < -0.3 is 15.4 Å². The molecule has 0 aliphatic heterocycles. The van der Waals surface area contributed by atoms with Crippen molar-refractivity contribution >= 4 is 17.4 Å². The zero-order chi connectivity index (χ0) is 15.2. The summed E-state index contributed by atoms with van der Waals surface area (Å²) in [6.07, 6.45) is 0. The van der Waals surface area contributed by atoms with Crippen LogP contribution in [0.25, 0.3) is 0 Å². The molecular formula is C15H14F2N2O2. The van der Waals surface area contributed by atoms with Gasteiger partial charge in [0.05, 0.1) is 12.3 Å². The molecule has 4 nitrogen and oxygen atoms in total. The van der Waals surface area contributed by atoms with Crippen molar-refractivity contribution in [1.29, 1.82) is 0 Å². The first-order valence-electron chi connectivity index (χ1n) is 6.19. The van der Waals surface area contributed by atoms with Crippen LogP contribution in [0.5, 0.6) is 0 Å². The van der Waals surface area contributed by atoms with Gasteiger partial charge in [-0.2, -0.15) is 0 Å². The number of ether oxygens (including phenoxy) is 1. The van der Waals surface area contributed by atoms with Crippen molar-refractivity contribution in [1.82, 2.24) is 0 Å². The summed E-state index contributed by atoms with van der Waals surface area (Å²) in [7, 11) is 1.57. The van der Waals surface area contributed by atoms with Crippen LogP contribution in [0.3, 0.4) is 0 Å². The first kappa shape index (κ1) is 14.9. The quantitative estimate of drug-likeness (QED) is 0.901. The van der Waals surface area contributed by atoms with Gasteiger partial charge in [0.1, 0.15) is 11.6 Å². The summed E-state index contributed by atoms with van der Waals surface area (Å²) >= 11 is 0. The van der Waals surface area contributed by atoms with E-state index in [1.807, 2.05) is 6.07 Å². The highest BCUT2D eigenvalue weighted by molar-refractivity contribution is 5.99. The highest BCUT2D eigenvalue weighted by atomic mass is 19.1. The van der Waals surface area contributed by atoms with Gasteiger partial charge in [0, 0.05) is 18.9 Å². The topological polar surface area (TPSA) is 50.4 Å². The first-order chi connectivity index (χ1) is 10.1. The van der Waals surface area contributed by atoms with Crippen molar-refractivity contribution in [2.45, 2.75) is 6.61 Å². The minimum absolute atomic E-state index is 0.0954. The molecule has 0 radical (unpaired) electrons. The fraction of sp³-hybridized carbons (Fsp3) is 0.133. The molecule has 0 atom stereocenters. The smallest absolute Gasteiger partial charge is 0.323 e.